The van der Waals surface area contributed by atoms with Gasteiger partial charge in [0.05, 0.1) is 5.97 Å². The van der Waals surface area contributed by atoms with E-state index in [0.29, 0.717) is 0 Å². The molecule has 0 aromatic heterocycles. The summed E-state index contributed by atoms with van der Waals surface area (Å²) in [5.41, 5.74) is -14.7. The van der Waals surface area contributed by atoms with Crippen LogP contribution in [0.4, 0.5) is 9.59 Å². The van der Waals surface area contributed by atoms with E-state index in [1.54, 1.807) is 0 Å². The first-order chi connectivity index (χ1) is 13.5. The molecule has 0 spiro atoms. The largest absolute Gasteiger partial charge is 0.549 e. The lowest BCUT2D eigenvalue weighted by Gasteiger charge is -2.55. The second-order valence-corrected chi connectivity index (χ2v) is 6.03. The highest BCUT2D eigenvalue weighted by Gasteiger charge is 2.95. The van der Waals surface area contributed by atoms with E-state index in [-0.39, 0.29) is 0 Å². The van der Waals surface area contributed by atoms with Gasteiger partial charge in [-0.2, -0.15) is 9.59 Å². The smallest absolute Gasteiger partial charge is 0.525 e. The molecular formula is C13H11NO16. The third kappa shape index (κ3) is 2.03. The van der Waals surface area contributed by atoms with Crippen molar-refractivity contribution in [2.24, 2.45) is 10.8 Å². The Morgan fingerprint density at radius 3 is 1.20 bits per heavy atom. The highest BCUT2D eigenvalue weighted by atomic mass is 16.5. The highest BCUT2D eigenvalue weighted by Crippen LogP contribution is 2.59. The Kier molecular flexibility index (Phi) is 5.27. The van der Waals surface area contributed by atoms with Gasteiger partial charge in [0, 0.05) is 6.42 Å². The van der Waals surface area contributed by atoms with Crippen molar-refractivity contribution in [2.45, 2.75) is 12.0 Å². The number of rotatable bonds is 6. The number of hydrogen-bond donors (Lipinski definition) is 7. The minimum absolute atomic E-state index is 1.95. The summed E-state index contributed by atoms with van der Waals surface area (Å²) in [5, 5.41) is 78.2. The van der Waals surface area contributed by atoms with E-state index < -0.39 is 81.8 Å². The van der Waals surface area contributed by atoms with Crippen LogP contribution >= 0.6 is 0 Å². The predicted molar refractivity (Wildman–Crippen MR) is 76.6 cm³/mol. The van der Waals surface area contributed by atoms with Crippen molar-refractivity contribution in [1.82, 2.24) is 0 Å². The average Bonchev–Trinajstić information content (AvgIpc) is 2.57. The number of amides is 2. The fourth-order valence-corrected chi connectivity index (χ4v) is 3.96. The normalized spacial score (nSPS) is 23.5. The molecule has 1 aliphatic heterocycles. The molecule has 17 nitrogen and oxygen atoms in total. The number of likely N-dealkylation sites (tertiary alicyclic amines) is 1. The van der Waals surface area contributed by atoms with E-state index in [0.717, 1.165) is 0 Å². The molecule has 1 saturated heterocycles. The second-order valence-electron chi connectivity index (χ2n) is 6.03. The number of aliphatic carboxylic acids is 6. The lowest BCUT2D eigenvalue weighted by atomic mass is 9.48. The van der Waals surface area contributed by atoms with Gasteiger partial charge in [0.25, 0.3) is 5.41 Å². The summed E-state index contributed by atoms with van der Waals surface area (Å²) in [6.45, 7) is -1.97. The van der Waals surface area contributed by atoms with Gasteiger partial charge in [0.1, 0.15) is 12.0 Å². The lowest BCUT2D eigenvalue weighted by Crippen LogP contribution is -2.91. The Hall–Kier alpha value is -4.28. The van der Waals surface area contributed by atoms with Crippen LogP contribution in [0.25, 0.3) is 0 Å². The Morgan fingerprint density at radius 2 is 1.00 bits per heavy atom. The Morgan fingerprint density at radius 1 is 0.633 bits per heavy atom. The first kappa shape index (κ1) is 23.8. The fraction of sp³-hybridized carbons (Fsp3) is 0.385. The van der Waals surface area contributed by atoms with Gasteiger partial charge in [-0.25, -0.2) is 9.59 Å². The van der Waals surface area contributed by atoms with Crippen LogP contribution in [0.2, 0.25) is 0 Å². The standard InChI is InChI=1S/C13H11NO16/c15-3(16)11(4(17)18)1-2-14(9(27)28,10(29)30)13(7(23)24,8(25)26)12(11,5(19)20)6(21)22/h1-2H2,(H7-,15,16,17,18,19,20,21,22,23,24,25,26,27,28,29,30). The zero-order chi connectivity index (χ0) is 24.0. The SMILES string of the molecule is O=C([O-])C1(C(=O)O)CC[N+](C(=O)O)(C(=O)O)C(C(=O)O)(C(=O)O)C1(C(=O)O)C(=O)O. The molecule has 7 N–H and O–H groups in total. The molecule has 0 radical (unpaired) electrons. The van der Waals surface area contributed by atoms with E-state index in [2.05, 4.69) is 0 Å². The maximum Gasteiger partial charge on any atom is 0.525 e. The summed E-state index contributed by atoms with van der Waals surface area (Å²) in [7, 11) is 0. The number of nitrogens with zero attached hydrogens (tertiary/aromatic N) is 1. The van der Waals surface area contributed by atoms with Crippen LogP contribution in [0.1, 0.15) is 6.42 Å². The van der Waals surface area contributed by atoms with Crippen molar-refractivity contribution < 1.29 is 83.7 Å². The lowest BCUT2D eigenvalue weighted by molar-refractivity contribution is -0.837. The Balaban J connectivity index is 4.74. The van der Waals surface area contributed by atoms with Crippen molar-refractivity contribution in [3.63, 3.8) is 0 Å². The molecule has 1 heterocycles. The minimum Gasteiger partial charge on any atom is -0.549 e. The number of hydrogen-bond acceptors (Lipinski definition) is 9. The van der Waals surface area contributed by atoms with Gasteiger partial charge in [-0.05, 0) is 0 Å². The molecule has 2 amide bonds. The van der Waals surface area contributed by atoms with Crippen LogP contribution in [0.3, 0.4) is 0 Å². The molecule has 0 bridgehead atoms. The zero-order valence-electron chi connectivity index (χ0n) is 14.2. The number of carboxylic acid groups (broad SMARTS) is 8. The van der Waals surface area contributed by atoms with Crippen LogP contribution in [-0.2, 0) is 28.8 Å². The summed E-state index contributed by atoms with van der Waals surface area (Å²) in [4.78, 5) is 95.3. The van der Waals surface area contributed by atoms with Crippen molar-refractivity contribution >= 4 is 48.0 Å². The van der Waals surface area contributed by atoms with Gasteiger partial charge in [-0.15, -0.1) is 0 Å². The van der Waals surface area contributed by atoms with Gasteiger partial charge in [0.2, 0.25) is 0 Å². The topological polar surface area (TPSA) is 301 Å². The molecule has 164 valence electrons. The number of carbonyl (C=O) groups excluding carboxylic acids is 1. The van der Waals surface area contributed by atoms with E-state index >= 15 is 0 Å². The molecule has 1 atom stereocenters. The van der Waals surface area contributed by atoms with Crippen LogP contribution in [0, 0.1) is 10.8 Å². The van der Waals surface area contributed by atoms with Gasteiger partial charge in [0.15, 0.2) is 0 Å². The summed E-state index contributed by atoms with van der Waals surface area (Å²) in [6, 6.07) is 0. The van der Waals surface area contributed by atoms with Crippen LogP contribution < -0.4 is 5.11 Å². The van der Waals surface area contributed by atoms with Crippen molar-refractivity contribution in [2.75, 3.05) is 6.54 Å². The van der Waals surface area contributed by atoms with E-state index in [4.69, 9.17) is 0 Å². The monoisotopic (exact) mass is 437 g/mol. The van der Waals surface area contributed by atoms with Crippen LogP contribution in [0.5, 0.6) is 0 Å². The first-order valence-electron chi connectivity index (χ1n) is 7.24. The van der Waals surface area contributed by atoms with Crippen LogP contribution in [0.15, 0.2) is 0 Å². The molecular weight excluding hydrogens is 426 g/mol. The first-order valence-corrected chi connectivity index (χ1v) is 7.24. The Labute approximate surface area is 162 Å². The maximum absolute atomic E-state index is 12.0. The molecule has 1 aliphatic rings. The fourth-order valence-electron chi connectivity index (χ4n) is 3.96. The quantitative estimate of drug-likeness (QED) is 0.156. The summed E-state index contributed by atoms with van der Waals surface area (Å²) in [5.74, 6) is -19.0. The summed E-state index contributed by atoms with van der Waals surface area (Å²) >= 11 is 0. The van der Waals surface area contributed by atoms with Gasteiger partial charge in [-0.3, -0.25) is 14.4 Å². The van der Waals surface area contributed by atoms with E-state index in [1.807, 2.05) is 0 Å². The second kappa shape index (κ2) is 6.65. The van der Waals surface area contributed by atoms with Gasteiger partial charge < -0.3 is 45.6 Å². The van der Waals surface area contributed by atoms with Crippen molar-refractivity contribution in [3.05, 3.63) is 0 Å². The zero-order valence-corrected chi connectivity index (χ0v) is 14.2. The molecule has 17 heteroatoms. The van der Waals surface area contributed by atoms with Gasteiger partial charge >= 0.3 is 47.6 Å². The highest BCUT2D eigenvalue weighted by molar-refractivity contribution is 6.23. The number of carboxylic acids is 6. The number of quaternary nitrogens is 1. The van der Waals surface area contributed by atoms with Gasteiger partial charge in [-0.1, -0.05) is 4.48 Å². The molecule has 30 heavy (non-hydrogen) atoms. The molecule has 1 rings (SSSR count). The number of carbonyl (C=O) groups is 8. The summed E-state index contributed by atoms with van der Waals surface area (Å²) in [6.07, 6.45) is -7.79. The molecule has 0 aromatic carbocycles. The third-order valence-corrected chi connectivity index (χ3v) is 5.20. The third-order valence-electron chi connectivity index (χ3n) is 5.20. The van der Waals surface area contributed by atoms with Crippen LogP contribution in [-0.4, -0.2) is 100 Å². The van der Waals surface area contributed by atoms with E-state index in [9.17, 15) is 79.2 Å². The Bertz CT molecular complexity index is 784. The predicted octanol–water partition coefficient (Wildman–Crippen LogP) is -3.55. The van der Waals surface area contributed by atoms with Crippen molar-refractivity contribution in [3.8, 4) is 0 Å². The number of imide groups is 1. The number of piperidine rings is 1. The average molecular weight is 437 g/mol. The molecule has 1 fully saturated rings. The summed E-state index contributed by atoms with van der Waals surface area (Å²) < 4.78 is -3.40. The van der Waals surface area contributed by atoms with Crippen molar-refractivity contribution in [1.29, 1.82) is 0 Å². The molecule has 0 saturated carbocycles. The van der Waals surface area contributed by atoms with E-state index in [1.165, 1.54) is 0 Å². The molecule has 0 aromatic rings. The molecule has 1 unspecified atom stereocenters. The minimum atomic E-state index is -5.14. The molecule has 0 aliphatic carbocycles. The maximum atomic E-state index is 12.0.